The van der Waals surface area contributed by atoms with Crippen LogP contribution in [0.1, 0.15) is 26.3 Å². The van der Waals surface area contributed by atoms with Gasteiger partial charge in [0, 0.05) is 6.54 Å². The molecular weight excluding hydrogens is 154 g/mol. The SMILES string of the molecule is CC(C)C1CCNc2nnnn21. The minimum atomic E-state index is 0.455. The molecule has 1 N–H and O–H groups in total. The van der Waals surface area contributed by atoms with E-state index in [4.69, 9.17) is 0 Å². The smallest absolute Gasteiger partial charge is 0.243 e. The van der Waals surface area contributed by atoms with E-state index in [1.807, 2.05) is 4.68 Å². The lowest BCUT2D eigenvalue weighted by Gasteiger charge is -2.26. The minimum Gasteiger partial charge on any atom is -0.353 e. The van der Waals surface area contributed by atoms with Crippen LogP contribution in [0.3, 0.4) is 0 Å². The molecule has 0 spiro atoms. The monoisotopic (exact) mass is 167 g/mol. The van der Waals surface area contributed by atoms with E-state index in [1.165, 1.54) is 0 Å². The standard InChI is InChI=1S/C7H13N5/c1-5(2)6-3-4-8-7-9-10-11-12(6)7/h5-6H,3-4H2,1-2H3,(H,8,9,11). The molecule has 1 aromatic rings. The van der Waals surface area contributed by atoms with E-state index in [0.29, 0.717) is 12.0 Å². The van der Waals surface area contributed by atoms with E-state index < -0.39 is 0 Å². The van der Waals surface area contributed by atoms with Crippen LogP contribution in [0.5, 0.6) is 0 Å². The number of tetrazole rings is 1. The van der Waals surface area contributed by atoms with Crippen molar-refractivity contribution >= 4 is 5.95 Å². The van der Waals surface area contributed by atoms with Crippen molar-refractivity contribution in [3.63, 3.8) is 0 Å². The largest absolute Gasteiger partial charge is 0.353 e. The van der Waals surface area contributed by atoms with Crippen molar-refractivity contribution < 1.29 is 0 Å². The van der Waals surface area contributed by atoms with Crippen molar-refractivity contribution in [2.75, 3.05) is 11.9 Å². The van der Waals surface area contributed by atoms with E-state index in [1.54, 1.807) is 0 Å². The summed E-state index contributed by atoms with van der Waals surface area (Å²) in [5, 5.41) is 14.6. The molecule has 1 atom stereocenters. The molecule has 1 aliphatic heterocycles. The summed E-state index contributed by atoms with van der Waals surface area (Å²) in [6.45, 7) is 5.37. The van der Waals surface area contributed by atoms with Crippen LogP contribution in [-0.2, 0) is 0 Å². The average Bonchev–Trinajstić information content (AvgIpc) is 2.49. The summed E-state index contributed by atoms with van der Waals surface area (Å²) >= 11 is 0. The summed E-state index contributed by atoms with van der Waals surface area (Å²) in [5.41, 5.74) is 0. The third-order valence-corrected chi connectivity index (χ3v) is 2.30. The highest BCUT2D eigenvalue weighted by atomic mass is 15.6. The molecule has 1 aromatic heterocycles. The van der Waals surface area contributed by atoms with Gasteiger partial charge in [0.05, 0.1) is 6.04 Å². The zero-order chi connectivity index (χ0) is 8.55. The van der Waals surface area contributed by atoms with Crippen LogP contribution < -0.4 is 5.32 Å². The molecule has 5 heteroatoms. The van der Waals surface area contributed by atoms with Crippen molar-refractivity contribution in [2.45, 2.75) is 26.3 Å². The zero-order valence-corrected chi connectivity index (χ0v) is 7.36. The Morgan fingerprint density at radius 3 is 3.17 bits per heavy atom. The fourth-order valence-electron chi connectivity index (χ4n) is 1.60. The van der Waals surface area contributed by atoms with Gasteiger partial charge in [0.2, 0.25) is 5.95 Å². The normalized spacial score (nSPS) is 22.1. The van der Waals surface area contributed by atoms with Gasteiger partial charge in [-0.3, -0.25) is 0 Å². The summed E-state index contributed by atoms with van der Waals surface area (Å²) in [6, 6.07) is 0.455. The lowest BCUT2D eigenvalue weighted by molar-refractivity contribution is 0.317. The molecule has 0 saturated heterocycles. The van der Waals surface area contributed by atoms with Gasteiger partial charge in [-0.25, -0.2) is 4.68 Å². The van der Waals surface area contributed by atoms with E-state index >= 15 is 0 Å². The molecule has 0 bridgehead atoms. The maximum atomic E-state index is 3.95. The number of nitrogens with one attached hydrogen (secondary N) is 1. The van der Waals surface area contributed by atoms with Gasteiger partial charge in [-0.05, 0) is 22.8 Å². The van der Waals surface area contributed by atoms with Crippen LogP contribution in [0.2, 0.25) is 0 Å². The first-order chi connectivity index (χ1) is 5.79. The topological polar surface area (TPSA) is 55.6 Å². The summed E-state index contributed by atoms with van der Waals surface area (Å²) in [5.74, 6) is 1.40. The summed E-state index contributed by atoms with van der Waals surface area (Å²) < 4.78 is 1.88. The van der Waals surface area contributed by atoms with Gasteiger partial charge in [0.25, 0.3) is 0 Å². The second kappa shape index (κ2) is 2.73. The molecule has 12 heavy (non-hydrogen) atoms. The summed E-state index contributed by atoms with van der Waals surface area (Å²) in [7, 11) is 0. The first-order valence-electron chi connectivity index (χ1n) is 4.31. The molecule has 0 amide bonds. The fourth-order valence-corrected chi connectivity index (χ4v) is 1.60. The second-order valence-corrected chi connectivity index (χ2v) is 3.47. The summed E-state index contributed by atoms with van der Waals surface area (Å²) in [6.07, 6.45) is 1.11. The molecule has 66 valence electrons. The molecule has 0 saturated carbocycles. The lowest BCUT2D eigenvalue weighted by atomic mass is 10.0. The first-order valence-corrected chi connectivity index (χ1v) is 4.31. The predicted molar refractivity (Wildman–Crippen MR) is 44.8 cm³/mol. The number of fused-ring (bicyclic) bond motifs is 1. The number of nitrogens with zero attached hydrogens (tertiary/aromatic N) is 4. The Bertz CT molecular complexity index is 267. The number of hydrogen-bond acceptors (Lipinski definition) is 4. The molecule has 0 aliphatic carbocycles. The third kappa shape index (κ3) is 1.05. The Morgan fingerprint density at radius 2 is 2.42 bits per heavy atom. The highest BCUT2D eigenvalue weighted by Crippen LogP contribution is 2.26. The average molecular weight is 167 g/mol. The Morgan fingerprint density at radius 1 is 1.58 bits per heavy atom. The van der Waals surface area contributed by atoms with Gasteiger partial charge in [0.15, 0.2) is 0 Å². The summed E-state index contributed by atoms with van der Waals surface area (Å²) in [4.78, 5) is 0. The highest BCUT2D eigenvalue weighted by Gasteiger charge is 2.23. The van der Waals surface area contributed by atoms with Crippen LogP contribution >= 0.6 is 0 Å². The Hall–Kier alpha value is -1.13. The number of hydrogen-bond donors (Lipinski definition) is 1. The molecule has 1 aliphatic rings. The van der Waals surface area contributed by atoms with E-state index in [-0.39, 0.29) is 0 Å². The molecule has 1 unspecified atom stereocenters. The van der Waals surface area contributed by atoms with Gasteiger partial charge < -0.3 is 5.32 Å². The fraction of sp³-hybridized carbons (Fsp3) is 0.857. The Kier molecular flexibility index (Phi) is 1.71. The molecule has 2 rings (SSSR count). The van der Waals surface area contributed by atoms with E-state index in [2.05, 4.69) is 34.7 Å². The molecule has 0 radical (unpaired) electrons. The van der Waals surface area contributed by atoms with Crippen LogP contribution in [0.25, 0.3) is 0 Å². The van der Waals surface area contributed by atoms with Crippen LogP contribution in [0, 0.1) is 5.92 Å². The first kappa shape index (κ1) is 7.52. The predicted octanol–water partition coefficient (Wildman–Crippen LogP) is 0.686. The van der Waals surface area contributed by atoms with Gasteiger partial charge in [0.1, 0.15) is 0 Å². The second-order valence-electron chi connectivity index (χ2n) is 3.47. The van der Waals surface area contributed by atoms with Crippen LogP contribution in [0.4, 0.5) is 5.95 Å². The van der Waals surface area contributed by atoms with Crippen molar-refractivity contribution in [1.29, 1.82) is 0 Å². The minimum absolute atomic E-state index is 0.455. The lowest BCUT2D eigenvalue weighted by Crippen LogP contribution is -2.27. The molecular formula is C7H13N5. The van der Waals surface area contributed by atoms with E-state index in [9.17, 15) is 0 Å². The van der Waals surface area contributed by atoms with Gasteiger partial charge >= 0.3 is 0 Å². The van der Waals surface area contributed by atoms with Crippen molar-refractivity contribution in [2.24, 2.45) is 5.92 Å². The van der Waals surface area contributed by atoms with Crippen molar-refractivity contribution in [3.05, 3.63) is 0 Å². The number of aromatic nitrogens is 4. The van der Waals surface area contributed by atoms with Gasteiger partial charge in [-0.1, -0.05) is 18.9 Å². The Balaban J connectivity index is 2.31. The van der Waals surface area contributed by atoms with Gasteiger partial charge in [-0.15, -0.1) is 0 Å². The van der Waals surface area contributed by atoms with Crippen LogP contribution in [0.15, 0.2) is 0 Å². The number of anilines is 1. The maximum Gasteiger partial charge on any atom is 0.243 e. The quantitative estimate of drug-likeness (QED) is 0.668. The number of rotatable bonds is 1. The van der Waals surface area contributed by atoms with E-state index in [0.717, 1.165) is 18.9 Å². The molecule has 2 heterocycles. The van der Waals surface area contributed by atoms with Crippen LogP contribution in [-0.4, -0.2) is 26.8 Å². The van der Waals surface area contributed by atoms with Crippen molar-refractivity contribution in [1.82, 2.24) is 20.2 Å². The Labute approximate surface area is 71.1 Å². The maximum absolute atomic E-state index is 3.95. The zero-order valence-electron chi connectivity index (χ0n) is 7.36. The van der Waals surface area contributed by atoms with Crippen molar-refractivity contribution in [3.8, 4) is 0 Å². The third-order valence-electron chi connectivity index (χ3n) is 2.30. The molecule has 0 aromatic carbocycles. The molecule has 0 fully saturated rings. The molecule has 5 nitrogen and oxygen atoms in total. The van der Waals surface area contributed by atoms with Gasteiger partial charge in [-0.2, -0.15) is 0 Å². The highest BCUT2D eigenvalue weighted by molar-refractivity contribution is 5.24.